The summed E-state index contributed by atoms with van der Waals surface area (Å²) in [5.74, 6) is 2.51. The third-order valence-corrected chi connectivity index (χ3v) is 7.25. The molecule has 4 aromatic rings. The number of benzene rings is 3. The molecule has 0 aliphatic carbocycles. The highest BCUT2D eigenvalue weighted by molar-refractivity contribution is 7.13. The van der Waals surface area contributed by atoms with Gasteiger partial charge >= 0.3 is 0 Å². The van der Waals surface area contributed by atoms with Gasteiger partial charge in [0.15, 0.2) is 5.13 Å². The zero-order valence-corrected chi connectivity index (χ0v) is 25.1. The van der Waals surface area contributed by atoms with E-state index >= 15 is 0 Å². The van der Waals surface area contributed by atoms with Crippen LogP contribution in [0.4, 0.5) is 10.8 Å². The van der Waals surface area contributed by atoms with Gasteiger partial charge in [-0.05, 0) is 59.7 Å². The Morgan fingerprint density at radius 2 is 1.32 bits per heavy atom. The maximum absolute atomic E-state index is 5.83. The molecule has 0 spiro atoms. The highest BCUT2D eigenvalue weighted by Crippen LogP contribution is 2.27. The summed E-state index contributed by atoms with van der Waals surface area (Å²) in [7, 11) is 7.40. The second-order valence-electron chi connectivity index (χ2n) is 9.58. The molecule has 9 heteroatoms. The van der Waals surface area contributed by atoms with Crippen molar-refractivity contribution in [2.45, 2.75) is 19.7 Å². The molecule has 8 nitrogen and oxygen atoms in total. The van der Waals surface area contributed by atoms with Crippen LogP contribution in [0.2, 0.25) is 0 Å². The number of thiazole rings is 1. The third kappa shape index (κ3) is 9.67. The van der Waals surface area contributed by atoms with Crippen LogP contribution < -0.4 is 24.0 Å². The molecule has 0 bridgehead atoms. The molecular formula is C32H39N3O5S. The van der Waals surface area contributed by atoms with E-state index in [-0.39, 0.29) is 0 Å². The number of rotatable bonds is 17. The predicted molar refractivity (Wildman–Crippen MR) is 165 cm³/mol. The van der Waals surface area contributed by atoms with Crippen molar-refractivity contribution in [1.82, 2.24) is 4.98 Å². The lowest BCUT2D eigenvalue weighted by Gasteiger charge is -2.22. The fraction of sp³-hybridized carbons (Fsp3) is 0.344. The first-order chi connectivity index (χ1) is 20.0. The Bertz CT molecular complexity index is 1280. The first-order valence-electron chi connectivity index (χ1n) is 13.5. The quantitative estimate of drug-likeness (QED) is 0.141. The maximum Gasteiger partial charge on any atom is 0.186 e. The van der Waals surface area contributed by atoms with Crippen LogP contribution in [0.15, 0.2) is 78.2 Å². The molecule has 0 amide bonds. The molecule has 0 saturated carbocycles. The molecule has 1 heterocycles. The van der Waals surface area contributed by atoms with E-state index in [2.05, 4.69) is 39.4 Å². The van der Waals surface area contributed by atoms with Crippen LogP contribution in [0, 0.1) is 0 Å². The third-order valence-electron chi connectivity index (χ3n) is 6.30. The van der Waals surface area contributed by atoms with Gasteiger partial charge in [-0.2, -0.15) is 0 Å². The van der Waals surface area contributed by atoms with Gasteiger partial charge in [0.25, 0.3) is 0 Å². The monoisotopic (exact) mass is 577 g/mol. The first-order valence-corrected chi connectivity index (χ1v) is 14.4. The van der Waals surface area contributed by atoms with Crippen LogP contribution >= 0.6 is 11.3 Å². The van der Waals surface area contributed by atoms with Crippen molar-refractivity contribution in [2.75, 3.05) is 64.5 Å². The Kier molecular flexibility index (Phi) is 11.7. The fourth-order valence-corrected chi connectivity index (χ4v) is 4.95. The van der Waals surface area contributed by atoms with E-state index in [1.165, 1.54) is 0 Å². The van der Waals surface area contributed by atoms with Gasteiger partial charge in [0, 0.05) is 38.3 Å². The molecule has 0 radical (unpaired) electrons. The summed E-state index contributed by atoms with van der Waals surface area (Å²) in [4.78, 5) is 9.19. The summed E-state index contributed by atoms with van der Waals surface area (Å²) >= 11 is 1.61. The second-order valence-corrected chi connectivity index (χ2v) is 10.4. The smallest absolute Gasteiger partial charge is 0.186 e. The number of nitrogens with zero attached hydrogens (tertiary/aromatic N) is 3. The molecule has 0 atom stereocenters. The fourth-order valence-electron chi connectivity index (χ4n) is 4.14. The largest absolute Gasteiger partial charge is 0.497 e. The van der Waals surface area contributed by atoms with E-state index in [4.69, 9.17) is 28.7 Å². The van der Waals surface area contributed by atoms with E-state index in [0.29, 0.717) is 46.1 Å². The average molecular weight is 578 g/mol. The zero-order valence-electron chi connectivity index (χ0n) is 24.2. The minimum atomic E-state index is 0.431. The van der Waals surface area contributed by atoms with Gasteiger partial charge in [-0.1, -0.05) is 24.3 Å². The standard InChI is InChI=1S/C32H39N3O5S/c1-34(2)28-11-13-29(14-12-28)40-18-17-38-15-16-39-23-27-24-41-32(33-27)35(21-25-7-5-9-30(19-25)36-3)22-26-8-6-10-31(20-26)37-4/h5-14,19-20,24H,15-18,21-23H2,1-4H3. The van der Waals surface area contributed by atoms with Gasteiger partial charge in [0.2, 0.25) is 0 Å². The van der Waals surface area contributed by atoms with Crippen LogP contribution in [-0.4, -0.2) is 59.7 Å². The number of ether oxygens (including phenoxy) is 5. The number of aromatic nitrogens is 1. The Morgan fingerprint density at radius 1 is 0.707 bits per heavy atom. The molecule has 218 valence electrons. The minimum absolute atomic E-state index is 0.431. The summed E-state index contributed by atoms with van der Waals surface area (Å²) in [5.41, 5.74) is 4.33. The van der Waals surface area contributed by atoms with E-state index in [0.717, 1.165) is 44.9 Å². The molecule has 0 aliphatic heterocycles. The van der Waals surface area contributed by atoms with Gasteiger partial charge in [-0.3, -0.25) is 0 Å². The molecule has 0 fully saturated rings. The van der Waals surface area contributed by atoms with Gasteiger partial charge < -0.3 is 33.5 Å². The van der Waals surface area contributed by atoms with Crippen LogP contribution in [-0.2, 0) is 29.2 Å². The molecule has 0 aliphatic rings. The van der Waals surface area contributed by atoms with Crippen LogP contribution in [0.25, 0.3) is 0 Å². The molecule has 3 aromatic carbocycles. The molecule has 0 unspecified atom stereocenters. The van der Waals surface area contributed by atoms with E-state index < -0.39 is 0 Å². The van der Waals surface area contributed by atoms with Gasteiger partial charge in [-0.25, -0.2) is 4.98 Å². The summed E-state index contributed by atoms with van der Waals surface area (Å²) in [6.45, 7) is 3.80. The van der Waals surface area contributed by atoms with E-state index in [1.807, 2.05) is 62.6 Å². The van der Waals surface area contributed by atoms with Gasteiger partial charge in [0.05, 0.1) is 46.3 Å². The topological polar surface area (TPSA) is 65.5 Å². The zero-order chi connectivity index (χ0) is 28.9. The van der Waals surface area contributed by atoms with Gasteiger partial charge in [0.1, 0.15) is 23.9 Å². The Labute approximate surface area is 247 Å². The van der Waals surface area contributed by atoms with Crippen LogP contribution in [0.5, 0.6) is 17.2 Å². The minimum Gasteiger partial charge on any atom is -0.497 e. The Balaban J connectivity index is 1.24. The van der Waals surface area contributed by atoms with Crippen LogP contribution in [0.1, 0.15) is 16.8 Å². The number of hydrogen-bond acceptors (Lipinski definition) is 9. The number of hydrogen-bond donors (Lipinski definition) is 0. The number of methoxy groups -OCH3 is 2. The average Bonchev–Trinajstić information content (AvgIpc) is 3.47. The van der Waals surface area contributed by atoms with Crippen molar-refractivity contribution in [3.8, 4) is 17.2 Å². The SMILES string of the molecule is COc1cccc(CN(Cc2cccc(OC)c2)c2nc(COCCOCCOc3ccc(N(C)C)cc3)cs2)c1. The lowest BCUT2D eigenvalue weighted by atomic mass is 10.1. The molecular weight excluding hydrogens is 538 g/mol. The first kappa shape index (κ1) is 30.2. The van der Waals surface area contributed by atoms with E-state index in [9.17, 15) is 0 Å². The van der Waals surface area contributed by atoms with Crippen molar-refractivity contribution in [3.05, 3.63) is 95.0 Å². The van der Waals surface area contributed by atoms with Crippen LogP contribution in [0.3, 0.4) is 0 Å². The highest BCUT2D eigenvalue weighted by Gasteiger charge is 2.14. The lowest BCUT2D eigenvalue weighted by Crippen LogP contribution is -2.22. The molecule has 0 N–H and O–H groups in total. The van der Waals surface area contributed by atoms with Crippen molar-refractivity contribution < 1.29 is 23.7 Å². The Hall–Kier alpha value is -3.79. The van der Waals surface area contributed by atoms with Crippen molar-refractivity contribution in [2.24, 2.45) is 0 Å². The van der Waals surface area contributed by atoms with Gasteiger partial charge in [-0.15, -0.1) is 11.3 Å². The van der Waals surface area contributed by atoms with Crippen molar-refractivity contribution >= 4 is 22.2 Å². The van der Waals surface area contributed by atoms with Crippen molar-refractivity contribution in [3.63, 3.8) is 0 Å². The highest BCUT2D eigenvalue weighted by atomic mass is 32.1. The summed E-state index contributed by atoms with van der Waals surface area (Å²) in [6.07, 6.45) is 0. The molecule has 4 rings (SSSR count). The lowest BCUT2D eigenvalue weighted by molar-refractivity contribution is 0.0296. The maximum atomic E-state index is 5.83. The molecule has 41 heavy (non-hydrogen) atoms. The van der Waals surface area contributed by atoms with Crippen molar-refractivity contribution in [1.29, 1.82) is 0 Å². The Morgan fingerprint density at radius 3 is 1.93 bits per heavy atom. The normalized spacial score (nSPS) is 10.8. The van der Waals surface area contributed by atoms with E-state index in [1.54, 1.807) is 25.6 Å². The second kappa shape index (κ2) is 15.9. The predicted octanol–water partition coefficient (Wildman–Crippen LogP) is 6.05. The number of anilines is 2. The summed E-state index contributed by atoms with van der Waals surface area (Å²) < 4.78 is 28.1. The summed E-state index contributed by atoms with van der Waals surface area (Å²) in [5, 5.41) is 2.98. The molecule has 1 aromatic heterocycles. The summed E-state index contributed by atoms with van der Waals surface area (Å²) in [6, 6.07) is 24.2. The molecule has 0 saturated heterocycles.